The van der Waals surface area contributed by atoms with Gasteiger partial charge in [0.1, 0.15) is 12.4 Å². The molecule has 1 heterocycles. The van der Waals surface area contributed by atoms with Gasteiger partial charge >= 0.3 is 0 Å². The Kier molecular flexibility index (Phi) is 5.80. The maximum Gasteiger partial charge on any atom is 0.266 e. The van der Waals surface area contributed by atoms with Gasteiger partial charge in [-0.25, -0.2) is 0 Å². The molecule has 4 nitrogen and oxygen atoms in total. The van der Waals surface area contributed by atoms with Gasteiger partial charge in [-0.1, -0.05) is 24.3 Å². The Labute approximate surface area is 165 Å². The first-order valence-electron chi connectivity index (χ1n) is 7.68. The van der Waals surface area contributed by atoms with Crippen LogP contribution in [0, 0.1) is 3.57 Å². The average Bonchev–Trinajstić information content (AvgIpc) is 2.90. The van der Waals surface area contributed by atoms with Crippen molar-refractivity contribution < 1.29 is 9.53 Å². The number of halogens is 1. The Bertz CT molecular complexity index is 830. The number of aliphatic imine (C=N–C) groups is 1. The molecule has 6 heteroatoms. The zero-order chi connectivity index (χ0) is 17.8. The number of hydrogen-bond acceptors (Lipinski definition) is 4. The number of thioether (sulfide) groups is 1. The Balaban J connectivity index is 1.65. The van der Waals surface area contributed by atoms with Crippen molar-refractivity contribution >= 4 is 51.5 Å². The van der Waals surface area contributed by atoms with Crippen molar-refractivity contribution in [2.45, 2.75) is 6.61 Å². The summed E-state index contributed by atoms with van der Waals surface area (Å²) in [5.41, 5.74) is 2.09. The van der Waals surface area contributed by atoms with Crippen LogP contribution < -0.4 is 4.74 Å². The highest BCUT2D eigenvalue weighted by Crippen LogP contribution is 2.31. The van der Waals surface area contributed by atoms with E-state index in [-0.39, 0.29) is 5.91 Å². The number of ether oxygens (including phenoxy) is 1. The fourth-order valence-corrected chi connectivity index (χ4v) is 3.60. The number of hydrogen-bond donors (Lipinski definition) is 0. The third kappa shape index (κ3) is 4.43. The van der Waals surface area contributed by atoms with E-state index < -0.39 is 0 Å². The van der Waals surface area contributed by atoms with Crippen molar-refractivity contribution in [2.75, 3.05) is 14.1 Å². The van der Waals surface area contributed by atoms with E-state index in [1.54, 1.807) is 19.0 Å². The van der Waals surface area contributed by atoms with Gasteiger partial charge in [0.2, 0.25) is 0 Å². The van der Waals surface area contributed by atoms with E-state index in [9.17, 15) is 4.79 Å². The van der Waals surface area contributed by atoms with Crippen LogP contribution in [-0.2, 0) is 11.4 Å². The summed E-state index contributed by atoms with van der Waals surface area (Å²) in [6, 6.07) is 16.0. The third-order valence-electron chi connectivity index (χ3n) is 3.69. The van der Waals surface area contributed by atoms with Gasteiger partial charge < -0.3 is 4.74 Å². The van der Waals surface area contributed by atoms with Crippen LogP contribution in [-0.4, -0.2) is 30.1 Å². The molecular weight excluding hydrogens is 447 g/mol. The van der Waals surface area contributed by atoms with Gasteiger partial charge in [-0.05, 0) is 75.8 Å². The fourth-order valence-electron chi connectivity index (χ4n) is 2.31. The van der Waals surface area contributed by atoms with Crippen LogP contribution in [0.1, 0.15) is 11.1 Å². The van der Waals surface area contributed by atoms with Gasteiger partial charge in [-0.2, -0.15) is 0 Å². The van der Waals surface area contributed by atoms with Gasteiger partial charge in [-0.15, -0.1) is 0 Å². The lowest BCUT2D eigenvalue weighted by atomic mass is 10.2. The molecule has 2 aromatic carbocycles. The first-order valence-corrected chi connectivity index (χ1v) is 9.58. The molecule has 3 rings (SSSR count). The molecule has 0 saturated carbocycles. The van der Waals surface area contributed by atoms with Gasteiger partial charge in [0.15, 0.2) is 5.17 Å². The average molecular weight is 464 g/mol. The summed E-state index contributed by atoms with van der Waals surface area (Å²) in [4.78, 5) is 18.5. The van der Waals surface area contributed by atoms with Gasteiger partial charge in [-0.3, -0.25) is 14.7 Å². The topological polar surface area (TPSA) is 41.9 Å². The Hall–Kier alpha value is -1.80. The number of carbonyl (C=O) groups is 1. The predicted molar refractivity (Wildman–Crippen MR) is 112 cm³/mol. The molecule has 1 fully saturated rings. The van der Waals surface area contributed by atoms with Crippen molar-refractivity contribution in [1.82, 2.24) is 4.90 Å². The van der Waals surface area contributed by atoms with E-state index in [0.717, 1.165) is 16.9 Å². The molecule has 1 aliphatic rings. The van der Waals surface area contributed by atoms with Crippen molar-refractivity contribution in [3.05, 3.63) is 68.1 Å². The molecule has 25 heavy (non-hydrogen) atoms. The number of carbonyl (C=O) groups excluding carboxylic acids is 1. The molecule has 128 valence electrons. The summed E-state index contributed by atoms with van der Waals surface area (Å²) < 4.78 is 7.02. The maximum atomic E-state index is 12.2. The molecule has 1 amide bonds. The van der Waals surface area contributed by atoms with Crippen LogP contribution in [0.25, 0.3) is 6.08 Å². The van der Waals surface area contributed by atoms with Crippen LogP contribution >= 0.6 is 34.4 Å². The molecule has 0 aliphatic carbocycles. The summed E-state index contributed by atoms with van der Waals surface area (Å²) in [5.74, 6) is 0.781. The van der Waals surface area contributed by atoms with E-state index in [1.165, 1.54) is 15.3 Å². The van der Waals surface area contributed by atoms with Crippen LogP contribution in [0.15, 0.2) is 58.4 Å². The molecule has 0 N–H and O–H groups in total. The molecule has 1 aliphatic heterocycles. The first-order chi connectivity index (χ1) is 12.1. The van der Waals surface area contributed by atoms with E-state index >= 15 is 0 Å². The highest BCUT2D eigenvalue weighted by molar-refractivity contribution is 14.1. The molecule has 1 saturated heterocycles. The fraction of sp³-hybridized carbons (Fsp3) is 0.158. The van der Waals surface area contributed by atoms with Crippen LogP contribution in [0.3, 0.4) is 0 Å². The molecule has 0 spiro atoms. The minimum Gasteiger partial charge on any atom is -0.489 e. The Morgan fingerprint density at radius 2 is 1.84 bits per heavy atom. The molecular formula is C19H17IN2O2S. The van der Waals surface area contributed by atoms with Crippen LogP contribution in [0.2, 0.25) is 0 Å². The number of amides is 1. The van der Waals surface area contributed by atoms with E-state index in [0.29, 0.717) is 16.7 Å². The molecule has 0 bridgehead atoms. The number of amidine groups is 1. The van der Waals surface area contributed by atoms with Crippen molar-refractivity contribution in [3.63, 3.8) is 0 Å². The summed E-state index contributed by atoms with van der Waals surface area (Å²) in [5, 5.41) is 0.716. The summed E-state index contributed by atoms with van der Waals surface area (Å²) in [6.45, 7) is 0.535. The largest absolute Gasteiger partial charge is 0.489 e. The lowest BCUT2D eigenvalue weighted by Gasteiger charge is -2.07. The van der Waals surface area contributed by atoms with Gasteiger partial charge in [0.25, 0.3) is 5.91 Å². The Morgan fingerprint density at radius 1 is 1.16 bits per heavy atom. The van der Waals surface area contributed by atoms with E-state index in [1.807, 2.05) is 30.3 Å². The predicted octanol–water partition coefficient (Wildman–Crippen LogP) is 4.40. The SMILES string of the molecule is CN=C1S/C(=C\c2ccc(OCc3ccc(I)cc3)cc2)C(=O)N1C. The zero-order valence-corrected chi connectivity index (χ0v) is 16.9. The summed E-state index contributed by atoms with van der Waals surface area (Å²) >= 11 is 3.67. The second-order valence-corrected chi connectivity index (χ2v) is 7.72. The Morgan fingerprint density at radius 3 is 2.44 bits per heavy atom. The second-order valence-electron chi connectivity index (χ2n) is 5.47. The molecule has 2 aromatic rings. The molecule has 0 unspecified atom stereocenters. The highest BCUT2D eigenvalue weighted by atomic mass is 127. The molecule has 0 atom stereocenters. The minimum atomic E-state index is -0.0235. The molecule has 0 aromatic heterocycles. The summed E-state index contributed by atoms with van der Waals surface area (Å²) in [7, 11) is 3.43. The number of rotatable bonds is 4. The first kappa shape index (κ1) is 18.0. The lowest BCUT2D eigenvalue weighted by Crippen LogP contribution is -2.23. The smallest absolute Gasteiger partial charge is 0.266 e. The monoisotopic (exact) mass is 464 g/mol. The van der Waals surface area contributed by atoms with Crippen molar-refractivity contribution in [3.8, 4) is 5.75 Å². The van der Waals surface area contributed by atoms with Crippen molar-refractivity contribution in [2.24, 2.45) is 4.99 Å². The zero-order valence-electron chi connectivity index (χ0n) is 13.9. The van der Waals surface area contributed by atoms with Gasteiger partial charge in [0.05, 0.1) is 4.91 Å². The number of nitrogens with zero attached hydrogens (tertiary/aromatic N) is 2. The quantitative estimate of drug-likeness (QED) is 0.498. The van der Waals surface area contributed by atoms with Gasteiger partial charge in [0, 0.05) is 17.7 Å². The van der Waals surface area contributed by atoms with Crippen molar-refractivity contribution in [1.29, 1.82) is 0 Å². The second kappa shape index (κ2) is 8.05. The summed E-state index contributed by atoms with van der Waals surface area (Å²) in [6.07, 6.45) is 1.88. The van der Waals surface area contributed by atoms with Crippen LogP contribution in [0.5, 0.6) is 5.75 Å². The highest BCUT2D eigenvalue weighted by Gasteiger charge is 2.29. The maximum absolute atomic E-state index is 12.2. The minimum absolute atomic E-state index is 0.0235. The van der Waals surface area contributed by atoms with E-state index in [4.69, 9.17) is 4.74 Å². The third-order valence-corrected chi connectivity index (χ3v) is 5.56. The number of likely N-dealkylation sites (N-methyl/N-ethyl adjacent to an activating group) is 1. The number of benzene rings is 2. The van der Waals surface area contributed by atoms with E-state index in [2.05, 4.69) is 51.8 Å². The molecule has 0 radical (unpaired) electrons. The van der Waals surface area contributed by atoms with Crippen LogP contribution in [0.4, 0.5) is 0 Å². The normalized spacial score (nSPS) is 17.6. The lowest BCUT2D eigenvalue weighted by molar-refractivity contribution is -0.121. The standard InChI is InChI=1S/C19H17IN2O2S/c1-21-19-22(2)18(23)17(25-19)11-13-5-9-16(10-6-13)24-12-14-3-7-15(20)8-4-14/h3-11H,12H2,1-2H3/b17-11-,21-19?.